The molecule has 1 aliphatic heterocycles. The third kappa shape index (κ3) is 6.08. The fourth-order valence-electron chi connectivity index (χ4n) is 5.84. The van der Waals surface area contributed by atoms with E-state index in [0.717, 1.165) is 54.9 Å². The van der Waals surface area contributed by atoms with Crippen LogP contribution in [0.25, 0.3) is 0 Å². The molecule has 1 aromatic heterocycles. The van der Waals surface area contributed by atoms with Crippen LogP contribution in [0.5, 0.6) is 0 Å². The van der Waals surface area contributed by atoms with E-state index in [2.05, 4.69) is 41.6 Å². The molecule has 0 saturated heterocycles. The van der Waals surface area contributed by atoms with Crippen molar-refractivity contribution in [3.8, 4) is 0 Å². The summed E-state index contributed by atoms with van der Waals surface area (Å²) in [5.74, 6) is 1.82. The number of carbonyl (C=O) groups excluding carboxylic acids is 3. The highest BCUT2D eigenvalue weighted by Crippen LogP contribution is 2.40. The third-order valence-corrected chi connectivity index (χ3v) is 8.19. The first-order valence-electron chi connectivity index (χ1n) is 14.7. The lowest BCUT2D eigenvalue weighted by Crippen LogP contribution is -2.32. The van der Waals surface area contributed by atoms with Crippen LogP contribution in [-0.2, 0) is 17.6 Å². The summed E-state index contributed by atoms with van der Waals surface area (Å²) in [5, 5.41) is 9.27. The number of hydrogen-bond donors (Lipinski definition) is 0. The first-order chi connectivity index (χ1) is 19.2. The fraction of sp³-hybridized carbons (Fsp3) is 0.485. The predicted octanol–water partition coefficient (Wildman–Crippen LogP) is 6.18. The minimum absolute atomic E-state index is 0.131. The SMILES string of the molecule is Cc1ccc(CC(=O)CC(CCN2C(=O)c3ccccc3C2=O)c2nnc(CCCC(C)C)n2C2CC2)c(C)c1. The molecule has 7 heteroatoms. The molecular formula is C33H40N4O3. The number of rotatable bonds is 13. The zero-order chi connectivity index (χ0) is 28.4. The largest absolute Gasteiger partial charge is 0.312 e. The first-order valence-corrected chi connectivity index (χ1v) is 14.7. The van der Waals surface area contributed by atoms with E-state index in [1.54, 1.807) is 24.3 Å². The Morgan fingerprint density at radius 2 is 1.68 bits per heavy atom. The number of aromatic nitrogens is 3. The van der Waals surface area contributed by atoms with Gasteiger partial charge in [0, 0.05) is 37.8 Å². The second-order valence-corrected chi connectivity index (χ2v) is 12.0. The first kappa shape index (κ1) is 27.9. The van der Waals surface area contributed by atoms with Gasteiger partial charge in [-0.05, 0) is 68.7 Å². The van der Waals surface area contributed by atoms with E-state index >= 15 is 0 Å². The molecule has 210 valence electrons. The van der Waals surface area contributed by atoms with Crippen molar-refractivity contribution in [1.82, 2.24) is 19.7 Å². The van der Waals surface area contributed by atoms with Gasteiger partial charge in [-0.15, -0.1) is 10.2 Å². The summed E-state index contributed by atoms with van der Waals surface area (Å²) in [4.78, 5) is 40.9. The quantitative estimate of drug-likeness (QED) is 0.242. The summed E-state index contributed by atoms with van der Waals surface area (Å²) in [6.07, 6.45) is 6.35. The topological polar surface area (TPSA) is 85.2 Å². The van der Waals surface area contributed by atoms with Crippen LogP contribution in [0.15, 0.2) is 42.5 Å². The number of aryl methyl sites for hydroxylation is 3. The summed E-state index contributed by atoms with van der Waals surface area (Å²) in [5.41, 5.74) is 4.22. The molecule has 2 aromatic carbocycles. The highest BCUT2D eigenvalue weighted by atomic mass is 16.2. The van der Waals surface area contributed by atoms with Gasteiger partial charge < -0.3 is 4.57 Å². The highest BCUT2D eigenvalue weighted by Gasteiger charge is 2.37. The van der Waals surface area contributed by atoms with Crippen LogP contribution in [0, 0.1) is 19.8 Å². The van der Waals surface area contributed by atoms with Crippen molar-refractivity contribution < 1.29 is 14.4 Å². The van der Waals surface area contributed by atoms with E-state index in [4.69, 9.17) is 0 Å². The van der Waals surface area contributed by atoms with Gasteiger partial charge in [-0.1, -0.05) is 56.2 Å². The number of fused-ring (bicyclic) bond motifs is 1. The molecule has 1 saturated carbocycles. The summed E-state index contributed by atoms with van der Waals surface area (Å²) < 4.78 is 2.28. The Bertz CT molecular complexity index is 1380. The van der Waals surface area contributed by atoms with E-state index in [9.17, 15) is 14.4 Å². The van der Waals surface area contributed by atoms with E-state index in [1.165, 1.54) is 10.5 Å². The highest BCUT2D eigenvalue weighted by molar-refractivity contribution is 6.21. The Balaban J connectivity index is 1.38. The Morgan fingerprint density at radius 3 is 2.30 bits per heavy atom. The maximum atomic E-state index is 13.5. The van der Waals surface area contributed by atoms with E-state index in [0.29, 0.717) is 42.3 Å². The third-order valence-electron chi connectivity index (χ3n) is 8.19. The standard InChI is InChI=1S/C33H40N4O3/c1-21(2)8-7-11-30-34-35-31(37(30)26-14-15-26)25(20-27(38)19-24-13-12-22(3)18-23(24)4)16-17-36-32(39)28-9-5-6-10-29(28)33(36)40/h5-6,9-10,12-13,18,21,25-26H,7-8,11,14-17,19-20H2,1-4H3. The fourth-order valence-corrected chi connectivity index (χ4v) is 5.84. The number of hydrogen-bond acceptors (Lipinski definition) is 5. The second-order valence-electron chi connectivity index (χ2n) is 12.0. The lowest BCUT2D eigenvalue weighted by Gasteiger charge is -2.21. The smallest absolute Gasteiger partial charge is 0.261 e. The van der Waals surface area contributed by atoms with Gasteiger partial charge in [0.2, 0.25) is 0 Å². The Hall–Kier alpha value is -3.61. The monoisotopic (exact) mass is 540 g/mol. The normalized spacial score (nSPS) is 15.7. The molecule has 0 N–H and O–H groups in total. The molecule has 2 heterocycles. The van der Waals surface area contributed by atoms with Gasteiger partial charge >= 0.3 is 0 Å². The molecule has 5 rings (SSSR count). The number of amides is 2. The Labute approximate surface area is 237 Å². The maximum absolute atomic E-state index is 13.5. The summed E-state index contributed by atoms with van der Waals surface area (Å²) in [6, 6.07) is 13.5. The predicted molar refractivity (Wildman–Crippen MR) is 154 cm³/mol. The molecule has 1 fully saturated rings. The van der Waals surface area contributed by atoms with Crippen LogP contribution in [0.4, 0.5) is 0 Å². The van der Waals surface area contributed by atoms with Crippen LogP contribution >= 0.6 is 0 Å². The zero-order valence-electron chi connectivity index (χ0n) is 24.2. The van der Waals surface area contributed by atoms with Crippen molar-refractivity contribution >= 4 is 17.6 Å². The van der Waals surface area contributed by atoms with Crippen molar-refractivity contribution in [1.29, 1.82) is 0 Å². The number of benzene rings is 2. The average Bonchev–Trinajstić information content (AvgIpc) is 3.63. The van der Waals surface area contributed by atoms with Crippen LogP contribution in [0.2, 0.25) is 0 Å². The zero-order valence-corrected chi connectivity index (χ0v) is 24.2. The number of Topliss-reactive ketones (excluding diaryl/α,β-unsaturated/α-hetero) is 1. The molecule has 1 unspecified atom stereocenters. The number of carbonyl (C=O) groups is 3. The van der Waals surface area contributed by atoms with Crippen molar-refractivity contribution in [2.45, 2.75) is 91.0 Å². The molecule has 3 aromatic rings. The van der Waals surface area contributed by atoms with Gasteiger partial charge in [0.25, 0.3) is 11.8 Å². The van der Waals surface area contributed by atoms with Gasteiger partial charge in [0.05, 0.1) is 11.1 Å². The van der Waals surface area contributed by atoms with Crippen LogP contribution in [0.1, 0.15) is 113 Å². The van der Waals surface area contributed by atoms with Crippen LogP contribution < -0.4 is 0 Å². The molecule has 0 radical (unpaired) electrons. The van der Waals surface area contributed by atoms with Gasteiger partial charge in [-0.25, -0.2) is 0 Å². The Morgan fingerprint density at radius 1 is 0.975 bits per heavy atom. The minimum Gasteiger partial charge on any atom is -0.312 e. The van der Waals surface area contributed by atoms with Crippen molar-refractivity contribution in [2.75, 3.05) is 6.54 Å². The van der Waals surface area contributed by atoms with Gasteiger partial charge in [-0.3, -0.25) is 19.3 Å². The Kier molecular flexibility index (Phi) is 8.29. The molecule has 0 spiro atoms. The lowest BCUT2D eigenvalue weighted by atomic mass is 9.92. The van der Waals surface area contributed by atoms with Gasteiger partial charge in [0.15, 0.2) is 0 Å². The molecular weight excluding hydrogens is 500 g/mol. The molecule has 7 nitrogen and oxygen atoms in total. The van der Waals surface area contributed by atoms with Gasteiger partial charge in [0.1, 0.15) is 17.4 Å². The molecule has 40 heavy (non-hydrogen) atoms. The maximum Gasteiger partial charge on any atom is 0.261 e. The molecule has 1 atom stereocenters. The average molecular weight is 541 g/mol. The van der Waals surface area contributed by atoms with Crippen LogP contribution in [0.3, 0.4) is 0 Å². The van der Waals surface area contributed by atoms with Crippen LogP contribution in [-0.4, -0.2) is 43.8 Å². The number of ketones is 1. The summed E-state index contributed by atoms with van der Waals surface area (Å²) in [7, 11) is 0. The molecule has 1 aliphatic carbocycles. The summed E-state index contributed by atoms with van der Waals surface area (Å²) >= 11 is 0. The summed E-state index contributed by atoms with van der Waals surface area (Å²) in [6.45, 7) is 8.80. The minimum atomic E-state index is -0.265. The van der Waals surface area contributed by atoms with Crippen molar-refractivity contribution in [3.63, 3.8) is 0 Å². The molecule has 2 amide bonds. The van der Waals surface area contributed by atoms with Gasteiger partial charge in [-0.2, -0.15) is 0 Å². The second kappa shape index (κ2) is 11.9. The number of nitrogens with zero attached hydrogens (tertiary/aromatic N) is 4. The van der Waals surface area contributed by atoms with E-state index in [-0.39, 0.29) is 30.1 Å². The molecule has 2 aliphatic rings. The molecule has 0 bridgehead atoms. The van der Waals surface area contributed by atoms with Crippen molar-refractivity contribution in [2.24, 2.45) is 5.92 Å². The van der Waals surface area contributed by atoms with E-state index in [1.807, 2.05) is 19.1 Å². The van der Waals surface area contributed by atoms with Crippen molar-refractivity contribution in [3.05, 3.63) is 81.9 Å². The van der Waals surface area contributed by atoms with E-state index < -0.39 is 0 Å². The lowest BCUT2D eigenvalue weighted by molar-refractivity contribution is -0.118. The number of imide groups is 1.